The third kappa shape index (κ3) is 3.06. The topological polar surface area (TPSA) is 56.3 Å². The first-order valence-corrected chi connectivity index (χ1v) is 6.03. The summed E-state index contributed by atoms with van der Waals surface area (Å²) in [5.74, 6) is 1.02. The average Bonchev–Trinajstić information content (AvgIpc) is 2.39. The molecule has 1 aliphatic carbocycles. The van der Waals surface area contributed by atoms with E-state index >= 15 is 0 Å². The molecule has 94 valence electrons. The van der Waals surface area contributed by atoms with Crippen LogP contribution in [0.1, 0.15) is 25.7 Å². The van der Waals surface area contributed by atoms with E-state index in [0.29, 0.717) is 17.8 Å². The lowest BCUT2D eigenvalue weighted by Gasteiger charge is -2.31. The van der Waals surface area contributed by atoms with Crippen LogP contribution >= 0.6 is 0 Å². The van der Waals surface area contributed by atoms with E-state index in [1.54, 1.807) is 19.5 Å². The number of likely N-dealkylation sites (N-methyl/N-ethyl adjacent to an activating group) is 1. The van der Waals surface area contributed by atoms with Crippen LogP contribution in [0.2, 0.25) is 0 Å². The molecule has 1 aromatic rings. The molecule has 17 heavy (non-hydrogen) atoms. The maximum absolute atomic E-state index is 5.89. The number of nitrogens with one attached hydrogen (secondary N) is 1. The molecular weight excluding hydrogens is 218 g/mol. The monoisotopic (exact) mass is 237 g/mol. The van der Waals surface area contributed by atoms with Crippen molar-refractivity contribution in [2.75, 3.05) is 14.2 Å². The summed E-state index contributed by atoms with van der Waals surface area (Å²) < 4.78 is 10.9. The minimum Gasteiger partial charge on any atom is -0.480 e. The number of aromatic nitrogens is 2. The second kappa shape index (κ2) is 5.82. The third-order valence-corrected chi connectivity index (χ3v) is 3.14. The van der Waals surface area contributed by atoms with Crippen LogP contribution in [0.4, 0.5) is 0 Å². The smallest absolute Gasteiger partial charge is 0.235 e. The fourth-order valence-electron chi connectivity index (χ4n) is 2.21. The highest BCUT2D eigenvalue weighted by molar-refractivity contribution is 5.13. The van der Waals surface area contributed by atoms with Gasteiger partial charge in [0, 0.05) is 6.04 Å². The maximum atomic E-state index is 5.89. The Hall–Kier alpha value is -1.36. The van der Waals surface area contributed by atoms with E-state index in [2.05, 4.69) is 15.3 Å². The molecule has 0 radical (unpaired) electrons. The molecule has 1 aliphatic rings. The largest absolute Gasteiger partial charge is 0.480 e. The molecule has 0 aliphatic heterocycles. The quantitative estimate of drug-likeness (QED) is 0.857. The van der Waals surface area contributed by atoms with E-state index in [1.807, 2.05) is 7.05 Å². The average molecular weight is 237 g/mol. The highest BCUT2D eigenvalue weighted by Gasteiger charge is 2.25. The van der Waals surface area contributed by atoms with Crippen molar-refractivity contribution in [1.29, 1.82) is 0 Å². The minimum absolute atomic E-state index is 0.176. The zero-order valence-corrected chi connectivity index (χ0v) is 10.3. The van der Waals surface area contributed by atoms with Gasteiger partial charge in [0.1, 0.15) is 6.10 Å². The number of ether oxygens (including phenoxy) is 2. The van der Waals surface area contributed by atoms with Crippen molar-refractivity contribution in [3.05, 3.63) is 12.4 Å². The molecule has 0 spiro atoms. The van der Waals surface area contributed by atoms with Gasteiger partial charge in [0.05, 0.1) is 19.5 Å². The van der Waals surface area contributed by atoms with Crippen LogP contribution in [0.15, 0.2) is 12.4 Å². The molecule has 1 fully saturated rings. The number of hydrogen-bond acceptors (Lipinski definition) is 5. The van der Waals surface area contributed by atoms with E-state index in [-0.39, 0.29) is 6.10 Å². The normalized spacial score (nSPS) is 24.4. The molecule has 2 atom stereocenters. The third-order valence-electron chi connectivity index (χ3n) is 3.14. The number of nitrogens with zero attached hydrogens (tertiary/aromatic N) is 2. The number of methoxy groups -OCH3 is 1. The molecule has 0 saturated heterocycles. The minimum atomic E-state index is 0.176. The van der Waals surface area contributed by atoms with Gasteiger partial charge in [-0.05, 0) is 26.3 Å². The fraction of sp³-hybridized carbons (Fsp3) is 0.667. The van der Waals surface area contributed by atoms with Gasteiger partial charge in [0.2, 0.25) is 11.8 Å². The highest BCUT2D eigenvalue weighted by atomic mass is 16.5. The molecule has 5 nitrogen and oxygen atoms in total. The lowest BCUT2D eigenvalue weighted by molar-refractivity contribution is 0.111. The van der Waals surface area contributed by atoms with Crippen LogP contribution in [0.3, 0.4) is 0 Å². The second-order valence-electron chi connectivity index (χ2n) is 4.24. The summed E-state index contributed by atoms with van der Waals surface area (Å²) in [6.45, 7) is 0. The molecule has 2 rings (SSSR count). The van der Waals surface area contributed by atoms with Gasteiger partial charge < -0.3 is 14.8 Å². The van der Waals surface area contributed by atoms with Crippen LogP contribution in [-0.2, 0) is 0 Å². The summed E-state index contributed by atoms with van der Waals surface area (Å²) in [6, 6.07) is 0.400. The Kier molecular flexibility index (Phi) is 4.14. The van der Waals surface area contributed by atoms with Crippen LogP contribution in [-0.4, -0.2) is 36.3 Å². The predicted molar refractivity (Wildman–Crippen MR) is 64.3 cm³/mol. The van der Waals surface area contributed by atoms with E-state index in [9.17, 15) is 0 Å². The van der Waals surface area contributed by atoms with Gasteiger partial charge in [-0.25, -0.2) is 0 Å². The Morgan fingerprint density at radius 3 is 2.76 bits per heavy atom. The first kappa shape index (κ1) is 12.1. The molecule has 2 unspecified atom stereocenters. The highest BCUT2D eigenvalue weighted by Crippen LogP contribution is 2.23. The molecule has 0 amide bonds. The van der Waals surface area contributed by atoms with Gasteiger partial charge in [0.15, 0.2) is 0 Å². The number of rotatable bonds is 4. The maximum Gasteiger partial charge on any atom is 0.235 e. The van der Waals surface area contributed by atoms with E-state index in [0.717, 1.165) is 12.8 Å². The fourth-order valence-corrected chi connectivity index (χ4v) is 2.21. The molecule has 0 bridgehead atoms. The zero-order valence-electron chi connectivity index (χ0n) is 10.3. The van der Waals surface area contributed by atoms with Crippen LogP contribution in [0.25, 0.3) is 0 Å². The SMILES string of the molecule is CNC1CCCCC1Oc1cncc(OC)n1. The molecule has 1 heterocycles. The molecule has 0 aromatic carbocycles. The lowest BCUT2D eigenvalue weighted by atomic mass is 9.92. The van der Waals surface area contributed by atoms with Gasteiger partial charge in [-0.15, -0.1) is 0 Å². The van der Waals surface area contributed by atoms with Gasteiger partial charge in [-0.2, -0.15) is 4.98 Å². The number of hydrogen-bond donors (Lipinski definition) is 1. The van der Waals surface area contributed by atoms with Crippen molar-refractivity contribution in [1.82, 2.24) is 15.3 Å². The first-order valence-electron chi connectivity index (χ1n) is 6.03. The van der Waals surface area contributed by atoms with Crippen molar-refractivity contribution in [3.63, 3.8) is 0 Å². The zero-order chi connectivity index (χ0) is 12.1. The summed E-state index contributed by atoms with van der Waals surface area (Å²) >= 11 is 0. The summed E-state index contributed by atoms with van der Waals surface area (Å²) in [4.78, 5) is 8.26. The van der Waals surface area contributed by atoms with Crippen molar-refractivity contribution >= 4 is 0 Å². The van der Waals surface area contributed by atoms with Gasteiger partial charge >= 0.3 is 0 Å². The second-order valence-corrected chi connectivity index (χ2v) is 4.24. The van der Waals surface area contributed by atoms with E-state index < -0.39 is 0 Å². The molecule has 1 saturated carbocycles. The van der Waals surface area contributed by atoms with Crippen molar-refractivity contribution in [3.8, 4) is 11.8 Å². The summed E-state index contributed by atoms with van der Waals surface area (Å²) in [5.41, 5.74) is 0. The van der Waals surface area contributed by atoms with Crippen molar-refractivity contribution in [2.45, 2.75) is 37.8 Å². The van der Waals surface area contributed by atoms with Crippen LogP contribution in [0, 0.1) is 0 Å². The van der Waals surface area contributed by atoms with E-state index in [4.69, 9.17) is 9.47 Å². The summed E-state index contributed by atoms with van der Waals surface area (Å²) in [7, 11) is 3.55. The van der Waals surface area contributed by atoms with Crippen molar-refractivity contribution in [2.24, 2.45) is 0 Å². The predicted octanol–water partition coefficient (Wildman–Crippen LogP) is 1.39. The molecule has 1 aromatic heterocycles. The molecule has 5 heteroatoms. The Balaban J connectivity index is 2.02. The molecule has 1 N–H and O–H groups in total. The van der Waals surface area contributed by atoms with Gasteiger partial charge in [-0.1, -0.05) is 6.42 Å². The Morgan fingerprint density at radius 1 is 1.24 bits per heavy atom. The van der Waals surface area contributed by atoms with Gasteiger partial charge in [-0.3, -0.25) is 4.98 Å². The Bertz CT molecular complexity index is 359. The van der Waals surface area contributed by atoms with Crippen molar-refractivity contribution < 1.29 is 9.47 Å². The Labute approximate surface area is 102 Å². The van der Waals surface area contributed by atoms with Crippen LogP contribution in [0.5, 0.6) is 11.8 Å². The lowest BCUT2D eigenvalue weighted by Crippen LogP contribution is -2.43. The standard InChI is InChI=1S/C12H19N3O2/c1-13-9-5-3-4-6-10(9)17-12-8-14-7-11(15-12)16-2/h7-10,13H,3-6H2,1-2H3. The summed E-state index contributed by atoms with van der Waals surface area (Å²) in [6.07, 6.45) is 8.06. The Morgan fingerprint density at radius 2 is 2.00 bits per heavy atom. The molecular formula is C12H19N3O2. The van der Waals surface area contributed by atoms with Gasteiger partial charge in [0.25, 0.3) is 0 Å². The summed E-state index contributed by atoms with van der Waals surface area (Å²) in [5, 5.41) is 3.30. The van der Waals surface area contributed by atoms with E-state index in [1.165, 1.54) is 12.8 Å². The van der Waals surface area contributed by atoms with Crippen LogP contribution < -0.4 is 14.8 Å². The first-order chi connectivity index (χ1) is 8.33.